The van der Waals surface area contributed by atoms with Crippen molar-refractivity contribution in [2.45, 2.75) is 32.2 Å². The van der Waals surface area contributed by atoms with Crippen molar-refractivity contribution in [2.24, 2.45) is 0 Å². The summed E-state index contributed by atoms with van der Waals surface area (Å²) in [7, 11) is 0. The quantitative estimate of drug-likeness (QED) is 0.640. The summed E-state index contributed by atoms with van der Waals surface area (Å²) in [5, 5.41) is 16.8. The Morgan fingerprint density at radius 1 is 1.18 bits per heavy atom. The SMILES string of the molecule is CCc1nnc(NC(=O)c2cc3ccccc3cc2OCC(=O)NC2CC2)s1. The molecule has 4 rings (SSSR count). The van der Waals surface area contributed by atoms with Gasteiger partial charge >= 0.3 is 0 Å². The highest BCUT2D eigenvalue weighted by atomic mass is 32.1. The Morgan fingerprint density at radius 3 is 2.61 bits per heavy atom. The average molecular weight is 396 g/mol. The fourth-order valence-corrected chi connectivity index (χ4v) is 3.44. The third kappa shape index (κ3) is 4.28. The van der Waals surface area contributed by atoms with Crippen LogP contribution in [0.3, 0.4) is 0 Å². The standard InChI is InChI=1S/C20H20N4O3S/c1-2-18-23-24-20(28-18)22-19(26)15-9-12-5-3-4-6-13(12)10-16(15)27-11-17(25)21-14-7-8-14/h3-6,9-10,14H,2,7-8,11H2,1H3,(H,21,25)(H,22,24,26). The monoisotopic (exact) mass is 396 g/mol. The van der Waals surface area contributed by atoms with E-state index in [4.69, 9.17) is 4.74 Å². The molecule has 144 valence electrons. The maximum Gasteiger partial charge on any atom is 0.261 e. The van der Waals surface area contributed by atoms with Crippen LogP contribution in [-0.4, -0.2) is 34.7 Å². The first-order valence-electron chi connectivity index (χ1n) is 9.21. The molecule has 2 aromatic carbocycles. The smallest absolute Gasteiger partial charge is 0.261 e. The number of amides is 2. The predicted octanol–water partition coefficient (Wildman–Crippen LogP) is 3.16. The van der Waals surface area contributed by atoms with Gasteiger partial charge in [0.1, 0.15) is 10.8 Å². The maximum atomic E-state index is 12.9. The minimum absolute atomic E-state index is 0.131. The molecule has 0 radical (unpaired) electrons. The van der Waals surface area contributed by atoms with Gasteiger partial charge in [-0.2, -0.15) is 0 Å². The largest absolute Gasteiger partial charge is 0.483 e. The number of ether oxygens (including phenoxy) is 1. The van der Waals surface area contributed by atoms with E-state index in [9.17, 15) is 9.59 Å². The van der Waals surface area contributed by atoms with Gasteiger partial charge in [-0.1, -0.05) is 42.5 Å². The third-order valence-electron chi connectivity index (χ3n) is 4.38. The van der Waals surface area contributed by atoms with Gasteiger partial charge in [-0.3, -0.25) is 14.9 Å². The van der Waals surface area contributed by atoms with Crippen LogP contribution in [0.1, 0.15) is 35.1 Å². The van der Waals surface area contributed by atoms with Crippen LogP contribution in [0.4, 0.5) is 5.13 Å². The highest BCUT2D eigenvalue weighted by molar-refractivity contribution is 7.15. The third-order valence-corrected chi connectivity index (χ3v) is 5.37. The van der Waals surface area contributed by atoms with Gasteiger partial charge in [-0.05, 0) is 42.2 Å². The first-order valence-corrected chi connectivity index (χ1v) is 10.0. The second-order valence-electron chi connectivity index (χ2n) is 6.63. The molecular weight excluding hydrogens is 376 g/mol. The Kier molecular flexibility index (Phi) is 5.21. The normalized spacial score (nSPS) is 13.3. The van der Waals surface area contributed by atoms with Gasteiger partial charge in [0, 0.05) is 6.04 Å². The molecule has 1 fully saturated rings. The Labute approximate surface area is 166 Å². The molecule has 0 unspecified atom stereocenters. The van der Waals surface area contributed by atoms with Crippen LogP contribution in [0.5, 0.6) is 5.75 Å². The Balaban J connectivity index is 1.58. The molecule has 0 saturated heterocycles. The molecule has 8 heteroatoms. The van der Waals surface area contributed by atoms with Gasteiger partial charge < -0.3 is 10.1 Å². The summed E-state index contributed by atoms with van der Waals surface area (Å²) in [6.45, 7) is 1.85. The topological polar surface area (TPSA) is 93.2 Å². The van der Waals surface area contributed by atoms with Gasteiger partial charge in [-0.15, -0.1) is 10.2 Å². The summed E-state index contributed by atoms with van der Waals surface area (Å²) in [4.78, 5) is 24.8. The lowest BCUT2D eigenvalue weighted by Crippen LogP contribution is -2.30. The van der Waals surface area contributed by atoms with Gasteiger partial charge in [0.05, 0.1) is 5.56 Å². The van der Waals surface area contributed by atoms with Crippen molar-refractivity contribution < 1.29 is 14.3 Å². The number of nitrogens with one attached hydrogen (secondary N) is 2. The van der Waals surface area contributed by atoms with Crippen LogP contribution in [0.2, 0.25) is 0 Å². The van der Waals surface area contributed by atoms with Crippen molar-refractivity contribution in [2.75, 3.05) is 11.9 Å². The number of fused-ring (bicyclic) bond motifs is 1. The lowest BCUT2D eigenvalue weighted by atomic mass is 10.1. The van der Waals surface area contributed by atoms with Gasteiger partial charge in [0.2, 0.25) is 5.13 Å². The second kappa shape index (κ2) is 7.93. The average Bonchev–Trinajstić information content (AvgIpc) is 3.40. The highest BCUT2D eigenvalue weighted by Gasteiger charge is 2.24. The molecule has 0 aliphatic heterocycles. The Bertz CT molecular complexity index is 1030. The zero-order valence-corrected chi connectivity index (χ0v) is 16.2. The first kappa shape index (κ1) is 18.4. The number of benzene rings is 2. The molecule has 7 nitrogen and oxygen atoms in total. The van der Waals surface area contributed by atoms with Crippen LogP contribution in [0.15, 0.2) is 36.4 Å². The molecule has 1 aliphatic carbocycles. The number of aryl methyl sites for hydroxylation is 1. The van der Waals surface area contributed by atoms with Crippen molar-refractivity contribution in [3.05, 3.63) is 47.0 Å². The predicted molar refractivity (Wildman–Crippen MR) is 108 cm³/mol. The molecule has 1 aliphatic rings. The zero-order chi connectivity index (χ0) is 19.5. The number of hydrogen-bond donors (Lipinski definition) is 2. The minimum atomic E-state index is -0.345. The summed E-state index contributed by atoms with van der Waals surface area (Å²) in [5.74, 6) is -0.164. The van der Waals surface area contributed by atoms with E-state index < -0.39 is 0 Å². The number of rotatable bonds is 7. The molecule has 1 saturated carbocycles. The summed E-state index contributed by atoms with van der Waals surface area (Å²) >= 11 is 1.34. The van der Waals surface area contributed by atoms with Gasteiger partial charge in [0.15, 0.2) is 6.61 Å². The van der Waals surface area contributed by atoms with Crippen LogP contribution >= 0.6 is 11.3 Å². The fraction of sp³-hybridized carbons (Fsp3) is 0.300. The molecule has 0 atom stereocenters. The number of hydrogen-bond acceptors (Lipinski definition) is 6. The van der Waals surface area contributed by atoms with Gasteiger partial charge in [-0.25, -0.2) is 0 Å². The van der Waals surface area contributed by atoms with Crippen molar-refractivity contribution in [1.29, 1.82) is 0 Å². The summed E-state index contributed by atoms with van der Waals surface area (Å²) in [6, 6.07) is 11.5. The fourth-order valence-electron chi connectivity index (χ4n) is 2.77. The summed E-state index contributed by atoms with van der Waals surface area (Å²) in [5.41, 5.74) is 0.353. The highest BCUT2D eigenvalue weighted by Crippen LogP contribution is 2.28. The molecule has 3 aromatic rings. The van der Waals surface area contributed by atoms with Crippen LogP contribution in [0.25, 0.3) is 10.8 Å². The molecule has 2 N–H and O–H groups in total. The van der Waals surface area contributed by atoms with E-state index in [1.165, 1.54) is 11.3 Å². The molecule has 28 heavy (non-hydrogen) atoms. The first-order chi connectivity index (χ1) is 13.6. The van der Waals surface area contributed by atoms with Crippen molar-refractivity contribution in [1.82, 2.24) is 15.5 Å². The second-order valence-corrected chi connectivity index (χ2v) is 7.70. The van der Waals surface area contributed by atoms with E-state index in [2.05, 4.69) is 20.8 Å². The number of carbonyl (C=O) groups is 2. The minimum Gasteiger partial charge on any atom is -0.483 e. The van der Waals surface area contributed by atoms with Gasteiger partial charge in [0.25, 0.3) is 11.8 Å². The van der Waals surface area contributed by atoms with E-state index in [0.717, 1.165) is 35.0 Å². The molecule has 0 bridgehead atoms. The number of nitrogens with zero attached hydrogens (tertiary/aromatic N) is 2. The lowest BCUT2D eigenvalue weighted by Gasteiger charge is -2.12. The van der Waals surface area contributed by atoms with E-state index in [0.29, 0.717) is 16.4 Å². The van der Waals surface area contributed by atoms with E-state index in [1.807, 2.05) is 31.2 Å². The van der Waals surface area contributed by atoms with E-state index >= 15 is 0 Å². The molecular formula is C20H20N4O3S. The molecule has 1 heterocycles. The molecule has 0 spiro atoms. The van der Waals surface area contributed by atoms with E-state index in [1.54, 1.807) is 12.1 Å². The molecule has 1 aromatic heterocycles. The summed E-state index contributed by atoms with van der Waals surface area (Å²) in [6.07, 6.45) is 2.78. The number of anilines is 1. The van der Waals surface area contributed by atoms with Crippen LogP contribution in [0, 0.1) is 0 Å². The number of carbonyl (C=O) groups excluding carboxylic acids is 2. The Hall–Kier alpha value is -3.00. The van der Waals surface area contributed by atoms with E-state index in [-0.39, 0.29) is 24.5 Å². The summed E-state index contributed by atoms with van der Waals surface area (Å²) < 4.78 is 5.72. The lowest BCUT2D eigenvalue weighted by molar-refractivity contribution is -0.123. The Morgan fingerprint density at radius 2 is 1.93 bits per heavy atom. The van der Waals surface area contributed by atoms with Crippen molar-refractivity contribution >= 4 is 39.1 Å². The van der Waals surface area contributed by atoms with Crippen LogP contribution < -0.4 is 15.4 Å². The van der Waals surface area contributed by atoms with Crippen LogP contribution in [-0.2, 0) is 11.2 Å². The maximum absolute atomic E-state index is 12.9. The van der Waals surface area contributed by atoms with Crippen molar-refractivity contribution in [3.63, 3.8) is 0 Å². The number of aromatic nitrogens is 2. The van der Waals surface area contributed by atoms with Crippen molar-refractivity contribution in [3.8, 4) is 5.75 Å². The molecule has 2 amide bonds. The zero-order valence-electron chi connectivity index (χ0n) is 15.4.